The Labute approximate surface area is 128 Å². The van der Waals surface area contributed by atoms with Gasteiger partial charge in [-0.05, 0) is 22.6 Å². The monoisotopic (exact) mass is 326 g/mol. The number of imidazole rings is 1. The van der Waals surface area contributed by atoms with Crippen molar-refractivity contribution in [3.63, 3.8) is 0 Å². The number of nitro groups is 1. The maximum absolute atomic E-state index is 12.1. The van der Waals surface area contributed by atoms with Crippen LogP contribution in [0.4, 0.5) is 14.6 Å². The Morgan fingerprint density at radius 1 is 1.43 bits per heavy atom. The van der Waals surface area contributed by atoms with Gasteiger partial charge in [-0.2, -0.15) is 8.78 Å². The van der Waals surface area contributed by atoms with Gasteiger partial charge in [0, 0.05) is 13.6 Å². The molecule has 0 aliphatic heterocycles. The second-order valence-electron chi connectivity index (χ2n) is 4.56. The van der Waals surface area contributed by atoms with Crippen LogP contribution in [0.2, 0.25) is 0 Å². The molecule has 1 heterocycles. The van der Waals surface area contributed by atoms with Crippen molar-refractivity contribution < 1.29 is 23.2 Å². The number of hydrogen-bond acceptors (Lipinski definition) is 5. The Bertz CT molecular complexity index is 702. The van der Waals surface area contributed by atoms with E-state index in [2.05, 4.69) is 14.7 Å². The molecule has 0 atom stereocenters. The average Bonchev–Trinajstić information content (AvgIpc) is 2.98. The first-order valence-electron chi connectivity index (χ1n) is 6.35. The molecule has 0 saturated heterocycles. The first-order chi connectivity index (χ1) is 10.9. The zero-order valence-electron chi connectivity index (χ0n) is 11.9. The van der Waals surface area contributed by atoms with E-state index in [1.165, 1.54) is 36.2 Å². The number of aromatic amines is 1. The number of nitrogens with zero attached hydrogens (tertiary/aromatic N) is 3. The number of ether oxygens (including phenoxy) is 1. The Morgan fingerprint density at radius 2 is 2.09 bits per heavy atom. The molecule has 122 valence electrons. The second kappa shape index (κ2) is 6.81. The minimum atomic E-state index is -2.90. The van der Waals surface area contributed by atoms with Crippen LogP contribution in [0.3, 0.4) is 0 Å². The lowest BCUT2D eigenvalue weighted by Gasteiger charge is -2.15. The highest BCUT2D eigenvalue weighted by Gasteiger charge is 2.21. The third kappa shape index (κ3) is 4.22. The van der Waals surface area contributed by atoms with Crippen LogP contribution in [0.1, 0.15) is 16.2 Å². The molecule has 0 aliphatic carbocycles. The first-order valence-corrected chi connectivity index (χ1v) is 6.35. The Kier molecular flexibility index (Phi) is 4.84. The highest BCUT2D eigenvalue weighted by Crippen LogP contribution is 2.16. The molecule has 0 bridgehead atoms. The summed E-state index contributed by atoms with van der Waals surface area (Å²) in [7, 11) is 1.49. The molecule has 1 aromatic carbocycles. The summed E-state index contributed by atoms with van der Waals surface area (Å²) in [6, 6.07) is 5.78. The number of H-pyrrole nitrogens is 1. The van der Waals surface area contributed by atoms with Crippen LogP contribution in [-0.4, -0.2) is 39.4 Å². The zero-order chi connectivity index (χ0) is 17.0. The fourth-order valence-corrected chi connectivity index (χ4v) is 1.82. The molecule has 0 spiro atoms. The number of benzene rings is 1. The number of rotatable bonds is 6. The molecule has 1 aromatic heterocycles. The van der Waals surface area contributed by atoms with Crippen molar-refractivity contribution >= 4 is 11.7 Å². The largest absolute Gasteiger partial charge is 0.435 e. The normalized spacial score (nSPS) is 10.6. The van der Waals surface area contributed by atoms with Crippen LogP contribution in [0.25, 0.3) is 0 Å². The molecular weight excluding hydrogens is 314 g/mol. The van der Waals surface area contributed by atoms with E-state index in [4.69, 9.17) is 0 Å². The summed E-state index contributed by atoms with van der Waals surface area (Å²) in [6.07, 6.45) is 0.956. The lowest BCUT2D eigenvalue weighted by atomic mass is 10.2. The van der Waals surface area contributed by atoms with Gasteiger partial charge in [0.05, 0.1) is 0 Å². The van der Waals surface area contributed by atoms with Crippen molar-refractivity contribution in [2.45, 2.75) is 13.2 Å². The Hall–Kier alpha value is -3.04. The Balaban J connectivity index is 2.01. The molecule has 10 heteroatoms. The van der Waals surface area contributed by atoms with Crippen molar-refractivity contribution in [2.75, 3.05) is 7.05 Å². The topological polar surface area (TPSA) is 101 Å². The van der Waals surface area contributed by atoms with Crippen LogP contribution in [0, 0.1) is 10.1 Å². The molecule has 0 saturated carbocycles. The molecule has 2 aromatic rings. The van der Waals surface area contributed by atoms with E-state index in [1.807, 2.05) is 0 Å². The number of aromatic nitrogens is 2. The van der Waals surface area contributed by atoms with Crippen LogP contribution in [0.15, 0.2) is 30.5 Å². The average molecular weight is 326 g/mol. The van der Waals surface area contributed by atoms with E-state index in [-0.39, 0.29) is 23.9 Å². The first kappa shape index (κ1) is 16.3. The highest BCUT2D eigenvalue weighted by atomic mass is 19.3. The molecule has 0 unspecified atom stereocenters. The van der Waals surface area contributed by atoms with Gasteiger partial charge < -0.3 is 19.8 Å². The molecule has 8 nitrogen and oxygen atoms in total. The summed E-state index contributed by atoms with van der Waals surface area (Å²) < 4.78 is 28.3. The van der Waals surface area contributed by atoms with Crippen molar-refractivity contribution in [2.24, 2.45) is 0 Å². The van der Waals surface area contributed by atoms with Crippen LogP contribution in [0.5, 0.6) is 5.75 Å². The van der Waals surface area contributed by atoms with Gasteiger partial charge in [0.25, 0.3) is 5.82 Å². The zero-order valence-corrected chi connectivity index (χ0v) is 11.9. The summed E-state index contributed by atoms with van der Waals surface area (Å²) in [4.78, 5) is 29.2. The van der Waals surface area contributed by atoms with Gasteiger partial charge in [-0.1, -0.05) is 12.1 Å². The van der Waals surface area contributed by atoms with E-state index in [0.717, 1.165) is 6.20 Å². The molecule has 2 rings (SSSR count). The number of alkyl halides is 2. The standard InChI is InChI=1S/C13H12F2N4O4/c1-18(12(20)11-16-6-10(17-11)19(21)22)7-8-2-4-9(5-3-8)23-13(14)15/h2-6,13H,7H2,1H3,(H,16,17). The van der Waals surface area contributed by atoms with Crippen LogP contribution >= 0.6 is 0 Å². The van der Waals surface area contributed by atoms with Crippen molar-refractivity contribution in [1.29, 1.82) is 0 Å². The molecule has 0 fully saturated rings. The fraction of sp³-hybridized carbons (Fsp3) is 0.231. The lowest BCUT2D eigenvalue weighted by molar-refractivity contribution is -0.389. The number of amides is 1. The smallest absolute Gasteiger partial charge is 0.387 e. The molecule has 0 aliphatic rings. The lowest BCUT2D eigenvalue weighted by Crippen LogP contribution is -2.27. The predicted molar refractivity (Wildman–Crippen MR) is 74.1 cm³/mol. The van der Waals surface area contributed by atoms with Gasteiger partial charge in [-0.3, -0.25) is 4.79 Å². The number of halogens is 2. The van der Waals surface area contributed by atoms with Crippen molar-refractivity contribution in [3.05, 3.63) is 52.0 Å². The second-order valence-corrected chi connectivity index (χ2v) is 4.56. The third-order valence-corrected chi connectivity index (χ3v) is 2.88. The summed E-state index contributed by atoms with van der Waals surface area (Å²) in [5, 5.41) is 10.6. The van der Waals surface area contributed by atoms with Gasteiger partial charge in [-0.25, -0.2) is 9.97 Å². The summed E-state index contributed by atoms with van der Waals surface area (Å²) >= 11 is 0. The molecule has 0 radical (unpaired) electrons. The van der Waals surface area contributed by atoms with Crippen molar-refractivity contribution in [1.82, 2.24) is 14.9 Å². The summed E-state index contributed by atoms with van der Waals surface area (Å²) in [5.41, 5.74) is 0.670. The Morgan fingerprint density at radius 3 is 2.61 bits per heavy atom. The molecule has 23 heavy (non-hydrogen) atoms. The van der Waals surface area contributed by atoms with Gasteiger partial charge in [0.15, 0.2) is 0 Å². The number of hydrogen-bond donors (Lipinski definition) is 1. The maximum Gasteiger partial charge on any atom is 0.387 e. The van der Waals surface area contributed by atoms with E-state index >= 15 is 0 Å². The number of carbonyl (C=O) groups is 1. The number of carbonyl (C=O) groups excluding carboxylic acids is 1. The van der Waals surface area contributed by atoms with E-state index in [0.29, 0.717) is 5.56 Å². The fourth-order valence-electron chi connectivity index (χ4n) is 1.82. The van der Waals surface area contributed by atoms with Crippen LogP contribution in [-0.2, 0) is 6.54 Å². The third-order valence-electron chi connectivity index (χ3n) is 2.88. The molecular formula is C13H12F2N4O4. The van der Waals surface area contributed by atoms with Gasteiger partial charge >= 0.3 is 18.3 Å². The van der Waals surface area contributed by atoms with E-state index < -0.39 is 17.4 Å². The SMILES string of the molecule is CN(Cc1ccc(OC(F)F)cc1)C(=O)c1ncc([N+](=O)[O-])[nH]1. The molecule has 1 amide bonds. The highest BCUT2D eigenvalue weighted by molar-refractivity contribution is 5.90. The van der Waals surface area contributed by atoms with Gasteiger partial charge in [0.2, 0.25) is 0 Å². The minimum absolute atomic E-state index is 0.0133. The quantitative estimate of drug-likeness (QED) is 0.647. The minimum Gasteiger partial charge on any atom is -0.435 e. The van der Waals surface area contributed by atoms with E-state index in [1.54, 1.807) is 0 Å². The van der Waals surface area contributed by atoms with Crippen molar-refractivity contribution in [3.8, 4) is 5.75 Å². The van der Waals surface area contributed by atoms with Crippen LogP contribution < -0.4 is 4.74 Å². The number of nitrogens with one attached hydrogen (secondary N) is 1. The van der Waals surface area contributed by atoms with Gasteiger partial charge in [-0.15, -0.1) is 0 Å². The van der Waals surface area contributed by atoms with Gasteiger partial charge in [0.1, 0.15) is 11.9 Å². The predicted octanol–water partition coefficient (Wildman–Crippen LogP) is 2.19. The summed E-state index contributed by atoms with van der Waals surface area (Å²) in [6.45, 7) is -2.73. The van der Waals surface area contributed by atoms with E-state index in [9.17, 15) is 23.7 Å². The maximum atomic E-state index is 12.1. The molecule has 1 N–H and O–H groups in total. The summed E-state index contributed by atoms with van der Waals surface area (Å²) in [5.74, 6) is -1.06.